The van der Waals surface area contributed by atoms with Crippen molar-refractivity contribution in [2.24, 2.45) is 0 Å². The van der Waals surface area contributed by atoms with Gasteiger partial charge in [-0.3, -0.25) is 14.4 Å². The van der Waals surface area contributed by atoms with Crippen molar-refractivity contribution in [1.82, 2.24) is 10.2 Å². The Hall–Kier alpha value is -2.67. The maximum atomic E-state index is 11.9. The molecule has 2 aromatic rings. The zero-order chi connectivity index (χ0) is 16.8. The number of thiophene rings is 1. The van der Waals surface area contributed by atoms with E-state index in [1.807, 2.05) is 11.4 Å². The van der Waals surface area contributed by atoms with E-state index in [9.17, 15) is 14.4 Å². The minimum Gasteiger partial charge on any atom is -0.347 e. The van der Waals surface area contributed by atoms with E-state index < -0.39 is 0 Å². The smallest absolute Gasteiger partial charge is 0.265 e. The standard InChI is InChI=1S/C16H17N3O3S/c1-19(2)14(20)10-17-15(21)11-5-7-12(8-6-11)18-16(22)13-4-3-9-23-13/h3-9H,10H2,1-2H3,(H,17,21)(H,18,22). The first-order chi connectivity index (χ1) is 11.0. The summed E-state index contributed by atoms with van der Waals surface area (Å²) in [6, 6.07) is 10.0. The summed E-state index contributed by atoms with van der Waals surface area (Å²) in [5.41, 5.74) is 1.02. The molecular formula is C16H17N3O3S. The predicted molar refractivity (Wildman–Crippen MR) is 89.7 cm³/mol. The van der Waals surface area contributed by atoms with Crippen LogP contribution in [0, 0.1) is 0 Å². The van der Waals surface area contributed by atoms with E-state index in [2.05, 4.69) is 10.6 Å². The Morgan fingerprint density at radius 1 is 1.04 bits per heavy atom. The number of anilines is 1. The van der Waals surface area contributed by atoms with E-state index >= 15 is 0 Å². The summed E-state index contributed by atoms with van der Waals surface area (Å²) >= 11 is 1.36. The Bertz CT molecular complexity index is 694. The van der Waals surface area contributed by atoms with Gasteiger partial charge in [0.2, 0.25) is 5.91 Å². The summed E-state index contributed by atoms with van der Waals surface area (Å²) < 4.78 is 0. The molecule has 2 rings (SSSR count). The lowest BCUT2D eigenvalue weighted by atomic mass is 10.2. The molecule has 23 heavy (non-hydrogen) atoms. The van der Waals surface area contributed by atoms with Gasteiger partial charge in [-0.2, -0.15) is 0 Å². The number of hydrogen-bond acceptors (Lipinski definition) is 4. The molecule has 6 nitrogen and oxygen atoms in total. The highest BCUT2D eigenvalue weighted by molar-refractivity contribution is 7.12. The lowest BCUT2D eigenvalue weighted by molar-refractivity contribution is -0.127. The molecule has 0 unspecified atom stereocenters. The topological polar surface area (TPSA) is 78.5 Å². The Morgan fingerprint density at radius 3 is 2.30 bits per heavy atom. The zero-order valence-electron chi connectivity index (χ0n) is 12.8. The highest BCUT2D eigenvalue weighted by Gasteiger charge is 2.10. The van der Waals surface area contributed by atoms with Gasteiger partial charge in [-0.25, -0.2) is 0 Å². The molecule has 1 aromatic heterocycles. The van der Waals surface area contributed by atoms with Gasteiger partial charge in [0.15, 0.2) is 0 Å². The monoisotopic (exact) mass is 331 g/mol. The summed E-state index contributed by atoms with van der Waals surface area (Å²) in [6.07, 6.45) is 0. The van der Waals surface area contributed by atoms with Gasteiger partial charge in [-0.05, 0) is 35.7 Å². The van der Waals surface area contributed by atoms with Crippen molar-refractivity contribution >= 4 is 34.7 Å². The lowest BCUT2D eigenvalue weighted by Crippen LogP contribution is -2.36. The first-order valence-electron chi connectivity index (χ1n) is 6.90. The normalized spacial score (nSPS) is 10.0. The van der Waals surface area contributed by atoms with Crippen molar-refractivity contribution < 1.29 is 14.4 Å². The Labute approximate surface area is 138 Å². The number of nitrogens with one attached hydrogen (secondary N) is 2. The Morgan fingerprint density at radius 2 is 1.74 bits per heavy atom. The van der Waals surface area contributed by atoms with Gasteiger partial charge in [0.25, 0.3) is 11.8 Å². The average molecular weight is 331 g/mol. The van der Waals surface area contributed by atoms with Crippen LogP contribution in [0.5, 0.6) is 0 Å². The van der Waals surface area contributed by atoms with Crippen LogP contribution in [0.4, 0.5) is 5.69 Å². The van der Waals surface area contributed by atoms with Gasteiger partial charge >= 0.3 is 0 Å². The molecule has 3 amide bonds. The van der Waals surface area contributed by atoms with Crippen LogP contribution in [0.1, 0.15) is 20.0 Å². The van der Waals surface area contributed by atoms with Crippen molar-refractivity contribution in [2.75, 3.05) is 26.0 Å². The van der Waals surface area contributed by atoms with Crippen molar-refractivity contribution in [2.45, 2.75) is 0 Å². The minimum absolute atomic E-state index is 0.0529. The number of amides is 3. The van der Waals surface area contributed by atoms with Crippen LogP contribution in [0.15, 0.2) is 41.8 Å². The number of rotatable bonds is 5. The maximum absolute atomic E-state index is 11.9. The van der Waals surface area contributed by atoms with Crippen LogP contribution in [-0.2, 0) is 4.79 Å². The molecule has 0 spiro atoms. The van der Waals surface area contributed by atoms with Crippen LogP contribution in [0.25, 0.3) is 0 Å². The number of hydrogen-bond donors (Lipinski definition) is 2. The molecule has 0 saturated heterocycles. The second kappa shape index (κ2) is 7.55. The van der Waals surface area contributed by atoms with Crippen LogP contribution in [0.2, 0.25) is 0 Å². The third-order valence-electron chi connectivity index (χ3n) is 3.05. The maximum Gasteiger partial charge on any atom is 0.265 e. The summed E-state index contributed by atoms with van der Waals surface area (Å²) in [5.74, 6) is -0.705. The SMILES string of the molecule is CN(C)C(=O)CNC(=O)c1ccc(NC(=O)c2cccs2)cc1. The summed E-state index contributed by atoms with van der Waals surface area (Å²) in [4.78, 5) is 37.3. The van der Waals surface area contributed by atoms with Gasteiger partial charge in [-0.15, -0.1) is 11.3 Å². The molecule has 1 aromatic carbocycles. The highest BCUT2D eigenvalue weighted by Crippen LogP contribution is 2.14. The lowest BCUT2D eigenvalue weighted by Gasteiger charge is -2.11. The van der Waals surface area contributed by atoms with E-state index in [0.717, 1.165) is 0 Å². The molecule has 0 aliphatic heterocycles. The van der Waals surface area contributed by atoms with Crippen molar-refractivity contribution in [1.29, 1.82) is 0 Å². The average Bonchev–Trinajstić information content (AvgIpc) is 3.07. The zero-order valence-corrected chi connectivity index (χ0v) is 13.6. The number of carbonyl (C=O) groups is 3. The highest BCUT2D eigenvalue weighted by atomic mass is 32.1. The first kappa shape index (κ1) is 16.7. The van der Waals surface area contributed by atoms with Crippen LogP contribution in [-0.4, -0.2) is 43.3 Å². The molecule has 120 valence electrons. The first-order valence-corrected chi connectivity index (χ1v) is 7.78. The van der Waals surface area contributed by atoms with E-state index in [1.165, 1.54) is 16.2 Å². The molecule has 0 aliphatic carbocycles. The van der Waals surface area contributed by atoms with Gasteiger partial charge in [-0.1, -0.05) is 6.07 Å². The van der Waals surface area contributed by atoms with E-state index in [4.69, 9.17) is 0 Å². The number of carbonyl (C=O) groups excluding carboxylic acids is 3. The second-order valence-electron chi connectivity index (χ2n) is 4.98. The van der Waals surface area contributed by atoms with E-state index in [1.54, 1.807) is 44.4 Å². The van der Waals surface area contributed by atoms with Crippen molar-refractivity contribution in [3.05, 3.63) is 52.2 Å². The van der Waals surface area contributed by atoms with Crippen LogP contribution in [0.3, 0.4) is 0 Å². The Kier molecular flexibility index (Phi) is 5.48. The summed E-state index contributed by atoms with van der Waals surface area (Å²) in [5, 5.41) is 7.13. The van der Waals surface area contributed by atoms with Crippen molar-refractivity contribution in [3.8, 4) is 0 Å². The molecular weight excluding hydrogens is 314 g/mol. The second-order valence-corrected chi connectivity index (χ2v) is 5.93. The molecule has 0 bridgehead atoms. The molecule has 0 aliphatic rings. The van der Waals surface area contributed by atoms with Crippen molar-refractivity contribution in [3.63, 3.8) is 0 Å². The molecule has 0 radical (unpaired) electrons. The third-order valence-corrected chi connectivity index (χ3v) is 3.92. The van der Waals surface area contributed by atoms with Gasteiger partial charge in [0.1, 0.15) is 0 Å². The summed E-state index contributed by atoms with van der Waals surface area (Å²) in [6.45, 7) is -0.0529. The third kappa shape index (κ3) is 4.65. The fourth-order valence-electron chi connectivity index (χ4n) is 1.72. The molecule has 0 fully saturated rings. The quantitative estimate of drug-likeness (QED) is 0.877. The van der Waals surface area contributed by atoms with Crippen LogP contribution < -0.4 is 10.6 Å². The number of nitrogens with zero attached hydrogens (tertiary/aromatic N) is 1. The largest absolute Gasteiger partial charge is 0.347 e. The number of benzene rings is 1. The molecule has 2 N–H and O–H groups in total. The molecule has 1 heterocycles. The number of likely N-dealkylation sites (N-methyl/N-ethyl adjacent to an activating group) is 1. The Balaban J connectivity index is 1.92. The molecule has 7 heteroatoms. The van der Waals surface area contributed by atoms with E-state index in [0.29, 0.717) is 16.1 Å². The predicted octanol–water partition coefficient (Wildman–Crippen LogP) is 1.82. The van der Waals surface area contributed by atoms with Gasteiger partial charge < -0.3 is 15.5 Å². The summed E-state index contributed by atoms with van der Waals surface area (Å²) in [7, 11) is 3.25. The molecule has 0 saturated carbocycles. The fourth-order valence-corrected chi connectivity index (χ4v) is 2.34. The van der Waals surface area contributed by atoms with E-state index in [-0.39, 0.29) is 24.3 Å². The van der Waals surface area contributed by atoms with Crippen LogP contribution >= 0.6 is 11.3 Å². The fraction of sp³-hybridized carbons (Fsp3) is 0.188. The van der Waals surface area contributed by atoms with Gasteiger partial charge in [0.05, 0.1) is 11.4 Å². The minimum atomic E-state index is -0.337. The molecule has 0 atom stereocenters. The van der Waals surface area contributed by atoms with Gasteiger partial charge in [0, 0.05) is 25.3 Å².